The normalized spacial score (nSPS) is 23.5. The van der Waals surface area contributed by atoms with Gasteiger partial charge in [0.2, 0.25) is 23.5 Å². The molecule has 5 rings (SSSR count). The number of carbonyl (C=O) groups is 7. The van der Waals surface area contributed by atoms with Crippen molar-refractivity contribution in [2.75, 3.05) is 0 Å². The topological polar surface area (TPSA) is 223 Å². The van der Waals surface area contributed by atoms with Crippen molar-refractivity contribution in [1.82, 2.24) is 36.1 Å². The van der Waals surface area contributed by atoms with E-state index in [2.05, 4.69) is 31.2 Å². The van der Waals surface area contributed by atoms with E-state index in [1.165, 1.54) is 12.4 Å². The molecule has 290 valence electrons. The number of rotatable bonds is 14. The van der Waals surface area contributed by atoms with Gasteiger partial charge < -0.3 is 31.9 Å². The molecule has 0 bridgehead atoms. The molecule has 53 heavy (non-hydrogen) atoms. The fourth-order valence-electron chi connectivity index (χ4n) is 8.27. The summed E-state index contributed by atoms with van der Waals surface area (Å²) in [6.45, 7) is 7.37. The van der Waals surface area contributed by atoms with Gasteiger partial charge in [0.1, 0.15) is 18.1 Å². The van der Waals surface area contributed by atoms with Crippen molar-refractivity contribution in [3.8, 4) is 0 Å². The first-order valence-corrected chi connectivity index (χ1v) is 19.4. The number of nitrogens with zero attached hydrogens (tertiary/aromatic N) is 3. The Hall–Kier alpha value is -4.43. The van der Waals surface area contributed by atoms with Crippen LogP contribution in [0.15, 0.2) is 12.4 Å². The molecule has 0 unspecified atom stereocenters. The number of Topliss-reactive ketones (excluding diaryl/α,β-unsaturated/α-hetero) is 1. The summed E-state index contributed by atoms with van der Waals surface area (Å²) in [7, 11) is 0. The lowest BCUT2D eigenvalue weighted by molar-refractivity contribution is -0.147. The molecule has 4 fully saturated rings. The number of nitrogens with two attached hydrogens (primary N) is 1. The Morgan fingerprint density at radius 2 is 1.49 bits per heavy atom. The number of amides is 6. The van der Waals surface area contributed by atoms with Gasteiger partial charge in [-0.3, -0.25) is 33.6 Å². The zero-order valence-electron chi connectivity index (χ0n) is 31.4. The van der Waals surface area contributed by atoms with E-state index in [1.54, 1.807) is 4.90 Å². The molecule has 6 amide bonds. The molecule has 0 radical (unpaired) electrons. The van der Waals surface area contributed by atoms with Gasteiger partial charge in [-0.25, -0.2) is 9.97 Å². The maximum absolute atomic E-state index is 14.9. The van der Waals surface area contributed by atoms with Crippen LogP contribution in [-0.4, -0.2) is 92.3 Å². The highest BCUT2D eigenvalue weighted by molar-refractivity contribution is 6.38. The minimum atomic E-state index is -1.08. The lowest BCUT2D eigenvalue weighted by Crippen LogP contribution is -2.63. The standard InChI is InChI=1S/C38H56N8O7/c1-5-11-24(30(47)36(52)42-23-16-17-23)43-33(49)26-20-22-14-9-10-15-25(22)46(26)37(53)31(38(2,3)4)45-34(50)27(21-12-7-6-8-13-21)44-35(51)29-28(32(39)48)40-18-19-41-29/h18-19,21-27,31H,5-17,20H2,1-4H3,(H2,39,48)(H,42,52)(H,43,49)(H,44,51)(H,45,50)/t22-,24-,25-,26-,27-,31+/m0/s1. The van der Waals surface area contributed by atoms with Crippen molar-refractivity contribution < 1.29 is 33.6 Å². The van der Waals surface area contributed by atoms with E-state index in [1.807, 2.05) is 27.7 Å². The zero-order valence-corrected chi connectivity index (χ0v) is 31.4. The lowest BCUT2D eigenvalue weighted by atomic mass is 9.81. The van der Waals surface area contributed by atoms with Crippen molar-refractivity contribution in [2.45, 2.75) is 154 Å². The highest BCUT2D eigenvalue weighted by atomic mass is 16.2. The van der Waals surface area contributed by atoms with Gasteiger partial charge >= 0.3 is 0 Å². The Morgan fingerprint density at radius 3 is 2.11 bits per heavy atom. The molecule has 3 aliphatic carbocycles. The first-order valence-electron chi connectivity index (χ1n) is 19.4. The minimum absolute atomic E-state index is 0.00861. The van der Waals surface area contributed by atoms with E-state index in [4.69, 9.17) is 5.73 Å². The van der Waals surface area contributed by atoms with Gasteiger partial charge in [0.25, 0.3) is 17.7 Å². The van der Waals surface area contributed by atoms with Crippen LogP contribution in [-0.2, 0) is 24.0 Å². The highest BCUT2D eigenvalue weighted by Gasteiger charge is 2.51. The van der Waals surface area contributed by atoms with Crippen LogP contribution < -0.4 is 27.0 Å². The Bertz CT molecular complexity index is 1570. The Kier molecular flexibility index (Phi) is 12.9. The van der Waals surface area contributed by atoms with Gasteiger partial charge in [-0.1, -0.05) is 66.2 Å². The number of ketones is 1. The third kappa shape index (κ3) is 9.58. The van der Waals surface area contributed by atoms with Crippen molar-refractivity contribution in [1.29, 1.82) is 0 Å². The van der Waals surface area contributed by atoms with Gasteiger partial charge in [-0.15, -0.1) is 0 Å². The van der Waals surface area contributed by atoms with E-state index in [-0.39, 0.29) is 41.7 Å². The molecule has 0 spiro atoms. The van der Waals surface area contributed by atoms with Crippen LogP contribution in [0.1, 0.15) is 139 Å². The number of carbonyl (C=O) groups excluding carboxylic acids is 7. The van der Waals surface area contributed by atoms with Crippen LogP contribution in [0.25, 0.3) is 0 Å². The quantitative estimate of drug-likeness (QED) is 0.176. The molecule has 3 saturated carbocycles. The molecule has 6 atom stereocenters. The zero-order chi connectivity index (χ0) is 38.4. The second kappa shape index (κ2) is 17.1. The average Bonchev–Trinajstić information content (AvgIpc) is 3.87. The fraction of sp³-hybridized carbons (Fsp3) is 0.711. The summed E-state index contributed by atoms with van der Waals surface area (Å²) in [5, 5.41) is 11.3. The van der Waals surface area contributed by atoms with Crippen LogP contribution >= 0.6 is 0 Å². The molecule has 2 heterocycles. The van der Waals surface area contributed by atoms with Crippen molar-refractivity contribution in [2.24, 2.45) is 23.0 Å². The van der Waals surface area contributed by atoms with Crippen LogP contribution in [0.3, 0.4) is 0 Å². The second-order valence-corrected chi connectivity index (χ2v) is 16.3. The van der Waals surface area contributed by atoms with Gasteiger partial charge in [-0.05, 0) is 68.6 Å². The maximum Gasteiger partial charge on any atom is 0.289 e. The molecule has 4 aliphatic rings. The fourth-order valence-corrected chi connectivity index (χ4v) is 8.27. The molecule has 1 aliphatic heterocycles. The summed E-state index contributed by atoms with van der Waals surface area (Å²) in [6.07, 6.45) is 12.9. The van der Waals surface area contributed by atoms with Crippen molar-refractivity contribution >= 4 is 41.2 Å². The van der Waals surface area contributed by atoms with Crippen LogP contribution in [0.5, 0.6) is 0 Å². The van der Waals surface area contributed by atoms with E-state index in [9.17, 15) is 33.6 Å². The monoisotopic (exact) mass is 736 g/mol. The molecule has 15 heteroatoms. The predicted octanol–water partition coefficient (Wildman–Crippen LogP) is 2.08. The first-order chi connectivity index (χ1) is 25.2. The van der Waals surface area contributed by atoms with Crippen LogP contribution in [0, 0.1) is 17.3 Å². The lowest BCUT2D eigenvalue weighted by Gasteiger charge is -2.40. The highest BCUT2D eigenvalue weighted by Crippen LogP contribution is 2.41. The maximum atomic E-state index is 14.9. The third-order valence-corrected chi connectivity index (χ3v) is 11.2. The number of nitrogens with one attached hydrogen (secondary N) is 4. The summed E-state index contributed by atoms with van der Waals surface area (Å²) in [5.74, 6) is -4.74. The number of primary amides is 1. The Labute approximate surface area is 311 Å². The molecular weight excluding hydrogens is 680 g/mol. The van der Waals surface area contributed by atoms with E-state index < -0.39 is 70.8 Å². The number of hydrogen-bond donors (Lipinski definition) is 5. The average molecular weight is 737 g/mol. The number of aromatic nitrogens is 2. The number of fused-ring (bicyclic) bond motifs is 1. The van der Waals surface area contributed by atoms with Crippen molar-refractivity contribution in [3.05, 3.63) is 23.8 Å². The Morgan fingerprint density at radius 1 is 0.849 bits per heavy atom. The number of likely N-dealkylation sites (tertiary alicyclic amines) is 1. The summed E-state index contributed by atoms with van der Waals surface area (Å²) in [6, 6.07) is -4.28. The van der Waals surface area contributed by atoms with Crippen LogP contribution in [0.4, 0.5) is 0 Å². The molecule has 1 aromatic rings. The van der Waals surface area contributed by atoms with Gasteiger partial charge in [0.15, 0.2) is 11.4 Å². The van der Waals surface area contributed by atoms with E-state index in [0.29, 0.717) is 32.1 Å². The Balaban J connectivity index is 1.40. The van der Waals surface area contributed by atoms with Gasteiger partial charge in [0.05, 0.1) is 6.04 Å². The summed E-state index contributed by atoms with van der Waals surface area (Å²) < 4.78 is 0. The second-order valence-electron chi connectivity index (χ2n) is 16.3. The SMILES string of the molecule is CCC[C@H](NC(=O)[C@@H]1C[C@@H]2CCCC[C@@H]2N1C(=O)[C@@H](NC(=O)[C@@H](NC(=O)c1nccnc1C(N)=O)C1CCCCC1)C(C)(C)C)C(=O)C(=O)NC1CC1. The van der Waals surface area contributed by atoms with Gasteiger partial charge in [-0.2, -0.15) is 0 Å². The summed E-state index contributed by atoms with van der Waals surface area (Å²) in [5.41, 5.74) is 4.03. The smallest absolute Gasteiger partial charge is 0.289 e. The predicted molar refractivity (Wildman–Crippen MR) is 194 cm³/mol. The molecule has 0 aromatic carbocycles. The molecule has 1 saturated heterocycles. The minimum Gasteiger partial charge on any atom is -0.364 e. The van der Waals surface area contributed by atoms with E-state index in [0.717, 1.165) is 51.4 Å². The number of hydrogen-bond acceptors (Lipinski definition) is 9. The van der Waals surface area contributed by atoms with Crippen LogP contribution in [0.2, 0.25) is 0 Å². The molecule has 1 aromatic heterocycles. The molecule has 6 N–H and O–H groups in total. The summed E-state index contributed by atoms with van der Waals surface area (Å²) >= 11 is 0. The van der Waals surface area contributed by atoms with E-state index >= 15 is 0 Å². The largest absolute Gasteiger partial charge is 0.364 e. The molecular formula is C38H56N8O7. The van der Waals surface area contributed by atoms with Crippen molar-refractivity contribution in [3.63, 3.8) is 0 Å². The first kappa shape index (κ1) is 39.8. The van der Waals surface area contributed by atoms with Gasteiger partial charge in [0, 0.05) is 24.5 Å². The third-order valence-electron chi connectivity index (χ3n) is 11.2. The molecule has 15 nitrogen and oxygen atoms in total. The summed E-state index contributed by atoms with van der Waals surface area (Å²) in [4.78, 5) is 104.